The molecule has 1 heterocycles. The molecule has 1 aromatic carbocycles. The van der Waals surface area contributed by atoms with E-state index in [0.29, 0.717) is 16.6 Å². The Labute approximate surface area is 124 Å². The Morgan fingerprint density at radius 3 is 2.85 bits per heavy atom. The minimum absolute atomic E-state index is 0.171. The monoisotopic (exact) mass is 337 g/mol. The molecule has 3 rings (SSSR count). The minimum atomic E-state index is -0.412. The van der Waals surface area contributed by atoms with Gasteiger partial charge in [-0.25, -0.2) is 4.39 Å². The van der Waals surface area contributed by atoms with Gasteiger partial charge in [-0.3, -0.25) is 4.79 Å². The summed E-state index contributed by atoms with van der Waals surface area (Å²) < 4.78 is 19.3. The number of furan rings is 1. The SMILES string of the molecule is O=C(c1cc(F)ccc1Br)N(Cc1ccco1)C1CC1. The molecule has 1 saturated carbocycles. The molecule has 1 aliphatic carbocycles. The Hall–Kier alpha value is -1.62. The third-order valence-electron chi connectivity index (χ3n) is 3.31. The molecule has 0 N–H and O–H groups in total. The van der Waals surface area contributed by atoms with Crippen LogP contribution in [0.2, 0.25) is 0 Å². The zero-order valence-corrected chi connectivity index (χ0v) is 12.3. The lowest BCUT2D eigenvalue weighted by atomic mass is 10.2. The zero-order chi connectivity index (χ0) is 14.1. The molecular formula is C15H13BrFNO2. The highest BCUT2D eigenvalue weighted by Gasteiger charge is 2.34. The molecule has 1 amide bonds. The van der Waals surface area contributed by atoms with Crippen molar-refractivity contribution >= 4 is 21.8 Å². The van der Waals surface area contributed by atoms with Gasteiger partial charge in [0, 0.05) is 10.5 Å². The topological polar surface area (TPSA) is 33.5 Å². The number of hydrogen-bond donors (Lipinski definition) is 0. The molecule has 5 heteroatoms. The second-order valence-corrected chi connectivity index (χ2v) is 5.72. The summed E-state index contributed by atoms with van der Waals surface area (Å²) in [6.07, 6.45) is 3.56. The number of halogens is 2. The van der Waals surface area contributed by atoms with E-state index in [9.17, 15) is 9.18 Å². The van der Waals surface area contributed by atoms with E-state index in [1.54, 1.807) is 23.3 Å². The van der Waals surface area contributed by atoms with E-state index in [4.69, 9.17) is 4.42 Å². The van der Waals surface area contributed by atoms with Gasteiger partial charge in [-0.15, -0.1) is 0 Å². The number of rotatable bonds is 4. The average molecular weight is 338 g/mol. The van der Waals surface area contributed by atoms with Crippen LogP contribution in [-0.2, 0) is 6.54 Å². The number of nitrogens with zero attached hydrogens (tertiary/aromatic N) is 1. The quantitative estimate of drug-likeness (QED) is 0.845. The van der Waals surface area contributed by atoms with E-state index in [1.165, 1.54) is 12.1 Å². The molecular weight excluding hydrogens is 325 g/mol. The Balaban J connectivity index is 1.87. The second kappa shape index (κ2) is 5.40. The fourth-order valence-electron chi connectivity index (χ4n) is 2.14. The lowest BCUT2D eigenvalue weighted by Gasteiger charge is -2.22. The summed E-state index contributed by atoms with van der Waals surface area (Å²) in [5.74, 6) is 0.151. The predicted octanol–water partition coefficient (Wildman–Crippen LogP) is 3.99. The molecule has 0 aliphatic heterocycles. The lowest BCUT2D eigenvalue weighted by molar-refractivity contribution is 0.0716. The van der Waals surface area contributed by atoms with Gasteiger partial charge in [0.05, 0.1) is 18.4 Å². The molecule has 20 heavy (non-hydrogen) atoms. The van der Waals surface area contributed by atoms with Crippen molar-refractivity contribution in [3.8, 4) is 0 Å². The van der Waals surface area contributed by atoms with Crippen LogP contribution >= 0.6 is 15.9 Å². The number of carbonyl (C=O) groups is 1. The second-order valence-electron chi connectivity index (χ2n) is 4.87. The fourth-order valence-corrected chi connectivity index (χ4v) is 2.56. The van der Waals surface area contributed by atoms with Gasteiger partial charge in [-0.2, -0.15) is 0 Å². The van der Waals surface area contributed by atoms with Crippen LogP contribution in [0.3, 0.4) is 0 Å². The van der Waals surface area contributed by atoms with Crippen molar-refractivity contribution in [2.75, 3.05) is 0 Å². The van der Waals surface area contributed by atoms with E-state index in [2.05, 4.69) is 15.9 Å². The average Bonchev–Trinajstić information content (AvgIpc) is 3.15. The van der Waals surface area contributed by atoms with E-state index in [-0.39, 0.29) is 11.9 Å². The van der Waals surface area contributed by atoms with Gasteiger partial charge >= 0.3 is 0 Å². The summed E-state index contributed by atoms with van der Waals surface area (Å²) in [5.41, 5.74) is 0.350. The maximum absolute atomic E-state index is 13.4. The van der Waals surface area contributed by atoms with Gasteiger partial charge < -0.3 is 9.32 Å². The van der Waals surface area contributed by atoms with Gasteiger partial charge in [0.15, 0.2) is 0 Å². The van der Waals surface area contributed by atoms with Crippen LogP contribution in [0.15, 0.2) is 45.5 Å². The third kappa shape index (κ3) is 2.77. The molecule has 0 atom stereocenters. The van der Waals surface area contributed by atoms with E-state index < -0.39 is 5.82 Å². The molecule has 0 spiro atoms. The summed E-state index contributed by atoms with van der Waals surface area (Å²) in [7, 11) is 0. The molecule has 0 saturated heterocycles. The van der Waals surface area contributed by atoms with Crippen LogP contribution in [0.1, 0.15) is 29.0 Å². The van der Waals surface area contributed by atoms with Crippen LogP contribution in [0.4, 0.5) is 4.39 Å². The Morgan fingerprint density at radius 2 is 2.20 bits per heavy atom. The van der Waals surface area contributed by atoms with Crippen LogP contribution in [0.5, 0.6) is 0 Å². The van der Waals surface area contributed by atoms with Crippen molar-refractivity contribution in [3.05, 3.63) is 58.2 Å². The largest absolute Gasteiger partial charge is 0.467 e. The molecule has 1 fully saturated rings. The number of amides is 1. The third-order valence-corrected chi connectivity index (χ3v) is 4.01. The van der Waals surface area contributed by atoms with Gasteiger partial charge in [-0.05, 0) is 59.1 Å². The van der Waals surface area contributed by atoms with Crippen molar-refractivity contribution in [1.29, 1.82) is 0 Å². The number of hydrogen-bond acceptors (Lipinski definition) is 2. The molecule has 0 radical (unpaired) electrons. The minimum Gasteiger partial charge on any atom is -0.467 e. The molecule has 0 bridgehead atoms. The van der Waals surface area contributed by atoms with Crippen molar-refractivity contribution in [3.63, 3.8) is 0 Å². The number of benzene rings is 1. The van der Waals surface area contributed by atoms with Gasteiger partial charge in [0.25, 0.3) is 5.91 Å². The molecule has 104 valence electrons. The maximum Gasteiger partial charge on any atom is 0.255 e. The first-order chi connectivity index (χ1) is 9.65. The van der Waals surface area contributed by atoms with Gasteiger partial charge in [0.1, 0.15) is 11.6 Å². The summed E-state index contributed by atoms with van der Waals surface area (Å²) >= 11 is 3.31. The molecule has 1 aliphatic rings. The van der Waals surface area contributed by atoms with Crippen molar-refractivity contribution in [1.82, 2.24) is 4.90 Å². The first kappa shape index (κ1) is 13.4. The highest BCUT2D eigenvalue weighted by atomic mass is 79.9. The summed E-state index contributed by atoms with van der Waals surface area (Å²) in [6, 6.07) is 8.01. The normalized spacial score (nSPS) is 14.3. The van der Waals surface area contributed by atoms with Crippen LogP contribution in [-0.4, -0.2) is 16.8 Å². The molecule has 2 aromatic rings. The lowest BCUT2D eigenvalue weighted by Crippen LogP contribution is -2.32. The highest BCUT2D eigenvalue weighted by Crippen LogP contribution is 2.31. The van der Waals surface area contributed by atoms with Gasteiger partial charge in [-0.1, -0.05) is 0 Å². The van der Waals surface area contributed by atoms with Crippen LogP contribution in [0.25, 0.3) is 0 Å². The number of carbonyl (C=O) groups excluding carboxylic acids is 1. The smallest absolute Gasteiger partial charge is 0.255 e. The van der Waals surface area contributed by atoms with Crippen molar-refractivity contribution in [2.45, 2.75) is 25.4 Å². The van der Waals surface area contributed by atoms with Crippen molar-refractivity contribution in [2.24, 2.45) is 0 Å². The molecule has 1 aromatic heterocycles. The first-order valence-electron chi connectivity index (χ1n) is 6.43. The van der Waals surface area contributed by atoms with E-state index in [0.717, 1.165) is 18.6 Å². The zero-order valence-electron chi connectivity index (χ0n) is 10.7. The van der Waals surface area contributed by atoms with E-state index in [1.807, 2.05) is 6.07 Å². The maximum atomic E-state index is 13.4. The highest BCUT2D eigenvalue weighted by molar-refractivity contribution is 9.10. The molecule has 0 unspecified atom stereocenters. The van der Waals surface area contributed by atoms with Crippen LogP contribution < -0.4 is 0 Å². The van der Waals surface area contributed by atoms with E-state index >= 15 is 0 Å². The Bertz CT molecular complexity index is 623. The summed E-state index contributed by atoms with van der Waals surface area (Å²) in [5, 5.41) is 0. The van der Waals surface area contributed by atoms with Crippen LogP contribution in [0, 0.1) is 5.82 Å². The Morgan fingerprint density at radius 1 is 1.40 bits per heavy atom. The molecule has 3 nitrogen and oxygen atoms in total. The first-order valence-corrected chi connectivity index (χ1v) is 7.23. The summed E-state index contributed by atoms with van der Waals surface area (Å²) in [6.45, 7) is 0.416. The standard InChI is InChI=1S/C15H13BrFNO2/c16-14-6-3-10(17)8-13(14)15(19)18(11-4-5-11)9-12-2-1-7-20-12/h1-3,6-8,11H,4-5,9H2. The van der Waals surface area contributed by atoms with Gasteiger partial charge in [0.2, 0.25) is 0 Å². The van der Waals surface area contributed by atoms with Crippen molar-refractivity contribution < 1.29 is 13.6 Å². The predicted molar refractivity (Wildman–Crippen MR) is 75.7 cm³/mol. The summed E-state index contributed by atoms with van der Waals surface area (Å²) in [4.78, 5) is 14.4. The fraction of sp³-hybridized carbons (Fsp3) is 0.267. The Kier molecular flexibility index (Phi) is 3.61.